The first-order valence-corrected chi connectivity index (χ1v) is 7.97. The van der Waals surface area contributed by atoms with Gasteiger partial charge in [0.25, 0.3) is 5.91 Å². The minimum absolute atomic E-state index is 0.136. The number of aromatic nitrogens is 1. The van der Waals surface area contributed by atoms with E-state index in [2.05, 4.69) is 15.6 Å². The van der Waals surface area contributed by atoms with Crippen LogP contribution in [0, 0.1) is 11.6 Å². The molecule has 1 amide bonds. The van der Waals surface area contributed by atoms with Gasteiger partial charge in [-0.2, -0.15) is 0 Å². The van der Waals surface area contributed by atoms with E-state index in [1.54, 1.807) is 30.3 Å². The lowest BCUT2D eigenvalue weighted by molar-refractivity contribution is 0.102. The zero-order valence-corrected chi connectivity index (χ0v) is 13.8. The van der Waals surface area contributed by atoms with Crippen molar-refractivity contribution in [2.75, 3.05) is 17.4 Å². The summed E-state index contributed by atoms with van der Waals surface area (Å²) in [5, 5.41) is 5.57. The van der Waals surface area contributed by atoms with Crippen LogP contribution in [0.25, 0.3) is 0 Å². The molecule has 0 radical (unpaired) electrons. The third-order valence-electron chi connectivity index (χ3n) is 3.85. The smallest absolute Gasteiger partial charge is 0.255 e. The number of hydrogen-bond donors (Lipinski definition) is 2. The molecule has 0 spiro atoms. The number of rotatable bonds is 4. The van der Waals surface area contributed by atoms with Gasteiger partial charge in [0.1, 0.15) is 5.82 Å². The van der Waals surface area contributed by atoms with Crippen LogP contribution >= 0.6 is 0 Å². The molecule has 3 aromatic rings. The van der Waals surface area contributed by atoms with Crippen LogP contribution in [0.2, 0.25) is 0 Å². The predicted octanol–water partition coefficient (Wildman–Crippen LogP) is 4.08. The van der Waals surface area contributed by atoms with Gasteiger partial charge in [-0.1, -0.05) is 0 Å². The topological polar surface area (TPSA) is 72.5 Å². The van der Waals surface area contributed by atoms with Gasteiger partial charge < -0.3 is 20.1 Å². The number of nitrogens with zero attached hydrogens (tertiary/aromatic N) is 1. The van der Waals surface area contributed by atoms with Crippen LogP contribution < -0.4 is 20.1 Å². The Bertz CT molecular complexity index is 1010. The van der Waals surface area contributed by atoms with Gasteiger partial charge in [-0.3, -0.25) is 4.79 Å². The number of anilines is 3. The van der Waals surface area contributed by atoms with E-state index in [-0.39, 0.29) is 12.7 Å². The van der Waals surface area contributed by atoms with Crippen molar-refractivity contribution in [2.24, 2.45) is 0 Å². The van der Waals surface area contributed by atoms with Gasteiger partial charge in [0.15, 0.2) is 23.1 Å². The second-order valence-corrected chi connectivity index (χ2v) is 5.71. The first-order valence-electron chi connectivity index (χ1n) is 7.97. The van der Waals surface area contributed by atoms with Gasteiger partial charge in [-0.15, -0.1) is 0 Å². The first-order chi connectivity index (χ1) is 13.1. The highest BCUT2D eigenvalue weighted by Crippen LogP contribution is 2.32. The molecular weight excluding hydrogens is 356 g/mol. The molecule has 1 aromatic heterocycles. The molecule has 6 nitrogen and oxygen atoms in total. The summed E-state index contributed by atoms with van der Waals surface area (Å²) >= 11 is 0. The number of fused-ring (bicyclic) bond motifs is 1. The van der Waals surface area contributed by atoms with Crippen LogP contribution in [-0.2, 0) is 0 Å². The summed E-state index contributed by atoms with van der Waals surface area (Å²) in [6.07, 6.45) is 1.45. The molecule has 0 unspecified atom stereocenters. The van der Waals surface area contributed by atoms with Crippen molar-refractivity contribution in [1.82, 2.24) is 4.98 Å². The summed E-state index contributed by atoms with van der Waals surface area (Å²) in [5.74, 6) is -0.658. The lowest BCUT2D eigenvalue weighted by Gasteiger charge is -2.08. The van der Waals surface area contributed by atoms with Crippen molar-refractivity contribution in [1.29, 1.82) is 0 Å². The second kappa shape index (κ2) is 6.91. The number of carbonyl (C=O) groups excluding carboxylic acids is 1. The maximum absolute atomic E-state index is 13.2. The van der Waals surface area contributed by atoms with E-state index in [4.69, 9.17) is 9.47 Å². The number of halogens is 2. The van der Waals surface area contributed by atoms with E-state index in [0.717, 1.165) is 12.1 Å². The van der Waals surface area contributed by atoms with E-state index in [1.165, 1.54) is 12.3 Å². The van der Waals surface area contributed by atoms with Crippen molar-refractivity contribution in [3.63, 3.8) is 0 Å². The summed E-state index contributed by atoms with van der Waals surface area (Å²) in [7, 11) is 0. The molecule has 0 atom stereocenters. The fraction of sp³-hybridized carbons (Fsp3) is 0.0526. The van der Waals surface area contributed by atoms with Crippen molar-refractivity contribution in [3.05, 3.63) is 71.9 Å². The number of benzene rings is 2. The third-order valence-corrected chi connectivity index (χ3v) is 3.85. The molecule has 0 bridgehead atoms. The molecule has 27 heavy (non-hydrogen) atoms. The molecule has 1 aliphatic rings. The Morgan fingerprint density at radius 2 is 1.74 bits per heavy atom. The Morgan fingerprint density at radius 1 is 0.926 bits per heavy atom. The monoisotopic (exact) mass is 369 g/mol. The molecular formula is C19H13F2N3O3. The molecule has 0 fully saturated rings. The SMILES string of the molecule is O=C(Nc1ccc(Nc2ccc(F)c(F)c2)nc1)c1ccc2c(c1)OCO2. The molecule has 0 saturated carbocycles. The van der Waals surface area contributed by atoms with Crippen LogP contribution in [0.5, 0.6) is 11.5 Å². The molecule has 0 aliphatic carbocycles. The molecule has 2 aromatic carbocycles. The summed E-state index contributed by atoms with van der Waals surface area (Å²) in [4.78, 5) is 16.5. The average Bonchev–Trinajstić information content (AvgIpc) is 3.14. The van der Waals surface area contributed by atoms with Crippen LogP contribution in [-0.4, -0.2) is 17.7 Å². The molecule has 8 heteroatoms. The number of ether oxygens (including phenoxy) is 2. The lowest BCUT2D eigenvalue weighted by Crippen LogP contribution is -2.12. The van der Waals surface area contributed by atoms with E-state index in [0.29, 0.717) is 34.3 Å². The molecule has 1 aliphatic heterocycles. The molecule has 2 heterocycles. The van der Waals surface area contributed by atoms with Crippen molar-refractivity contribution in [2.45, 2.75) is 0 Å². The molecule has 2 N–H and O–H groups in total. The van der Waals surface area contributed by atoms with Gasteiger partial charge in [-0.05, 0) is 42.5 Å². The number of amides is 1. The number of nitrogens with one attached hydrogen (secondary N) is 2. The summed E-state index contributed by atoms with van der Waals surface area (Å²) in [5.41, 5.74) is 1.26. The highest BCUT2D eigenvalue weighted by atomic mass is 19.2. The Kier molecular flexibility index (Phi) is 4.29. The molecule has 136 valence electrons. The first kappa shape index (κ1) is 16.8. The summed E-state index contributed by atoms with van der Waals surface area (Å²) in [6, 6.07) is 11.6. The Hall–Kier alpha value is -3.68. The summed E-state index contributed by atoms with van der Waals surface area (Å²) < 4.78 is 36.7. The van der Waals surface area contributed by atoms with E-state index < -0.39 is 11.6 Å². The Balaban J connectivity index is 1.43. The predicted molar refractivity (Wildman–Crippen MR) is 94.4 cm³/mol. The highest BCUT2D eigenvalue weighted by Gasteiger charge is 2.16. The number of hydrogen-bond acceptors (Lipinski definition) is 5. The fourth-order valence-electron chi connectivity index (χ4n) is 2.50. The van der Waals surface area contributed by atoms with Gasteiger partial charge in [-0.25, -0.2) is 13.8 Å². The maximum atomic E-state index is 13.2. The highest BCUT2D eigenvalue weighted by molar-refractivity contribution is 6.04. The van der Waals surface area contributed by atoms with Crippen molar-refractivity contribution in [3.8, 4) is 11.5 Å². The Morgan fingerprint density at radius 3 is 2.52 bits per heavy atom. The van der Waals surface area contributed by atoms with Gasteiger partial charge in [0.05, 0.1) is 11.9 Å². The lowest BCUT2D eigenvalue weighted by atomic mass is 10.2. The third kappa shape index (κ3) is 3.64. The number of pyridine rings is 1. The van der Waals surface area contributed by atoms with Gasteiger partial charge in [0.2, 0.25) is 6.79 Å². The quantitative estimate of drug-likeness (QED) is 0.725. The zero-order chi connectivity index (χ0) is 18.8. The van der Waals surface area contributed by atoms with Crippen LogP contribution in [0.15, 0.2) is 54.7 Å². The van der Waals surface area contributed by atoms with Crippen LogP contribution in [0.3, 0.4) is 0 Å². The number of carbonyl (C=O) groups is 1. The van der Waals surface area contributed by atoms with E-state index in [1.807, 2.05) is 0 Å². The van der Waals surface area contributed by atoms with E-state index >= 15 is 0 Å². The van der Waals surface area contributed by atoms with Crippen LogP contribution in [0.4, 0.5) is 26.0 Å². The van der Waals surface area contributed by atoms with Crippen molar-refractivity contribution >= 4 is 23.1 Å². The minimum Gasteiger partial charge on any atom is -0.454 e. The van der Waals surface area contributed by atoms with Crippen molar-refractivity contribution < 1.29 is 23.0 Å². The normalized spacial score (nSPS) is 11.9. The zero-order valence-electron chi connectivity index (χ0n) is 13.8. The molecule has 4 rings (SSSR count). The molecule has 0 saturated heterocycles. The fourth-order valence-corrected chi connectivity index (χ4v) is 2.50. The minimum atomic E-state index is -0.951. The standard InChI is InChI=1S/C19H13F2N3O3/c20-14-4-2-12(8-15(14)21)23-18-6-3-13(9-22-18)24-19(25)11-1-5-16-17(7-11)27-10-26-16/h1-9H,10H2,(H,22,23)(H,24,25). The largest absolute Gasteiger partial charge is 0.454 e. The van der Waals surface area contributed by atoms with Gasteiger partial charge in [0, 0.05) is 17.3 Å². The van der Waals surface area contributed by atoms with Gasteiger partial charge >= 0.3 is 0 Å². The maximum Gasteiger partial charge on any atom is 0.255 e. The van der Waals surface area contributed by atoms with Crippen LogP contribution in [0.1, 0.15) is 10.4 Å². The Labute approximate surface area is 152 Å². The average molecular weight is 369 g/mol. The second-order valence-electron chi connectivity index (χ2n) is 5.71. The summed E-state index contributed by atoms with van der Waals surface area (Å²) in [6.45, 7) is 0.136. The van der Waals surface area contributed by atoms with E-state index in [9.17, 15) is 13.6 Å².